The zero-order valence-electron chi connectivity index (χ0n) is 12.6. The lowest BCUT2D eigenvalue weighted by atomic mass is 9.90. The van der Waals surface area contributed by atoms with Gasteiger partial charge in [0, 0.05) is 16.8 Å². The first-order valence-corrected chi connectivity index (χ1v) is 6.88. The van der Waals surface area contributed by atoms with Crippen molar-refractivity contribution in [1.29, 1.82) is 5.41 Å². The van der Waals surface area contributed by atoms with Gasteiger partial charge in [-0.25, -0.2) is 4.98 Å². The Labute approximate surface area is 129 Å². The van der Waals surface area contributed by atoms with Crippen LogP contribution < -0.4 is 5.73 Å². The molecule has 1 heterocycles. The maximum absolute atomic E-state index is 11.8. The molecule has 1 atom stereocenters. The Balaban J connectivity index is 2.52. The lowest BCUT2D eigenvalue weighted by Crippen LogP contribution is -2.18. The second kappa shape index (κ2) is 6.68. The molecule has 0 aliphatic heterocycles. The number of ketones is 1. The van der Waals surface area contributed by atoms with Crippen LogP contribution in [0.4, 0.5) is 5.82 Å². The molecule has 2 aromatic rings. The fourth-order valence-corrected chi connectivity index (χ4v) is 2.23. The van der Waals surface area contributed by atoms with Gasteiger partial charge >= 0.3 is 0 Å². The zero-order chi connectivity index (χ0) is 16.1. The molecule has 22 heavy (non-hydrogen) atoms. The van der Waals surface area contributed by atoms with Crippen LogP contribution in [0.25, 0.3) is 0 Å². The Bertz CT molecular complexity index is 756. The minimum Gasteiger partial charge on any atom is -0.384 e. The molecule has 0 amide bonds. The Hall–Kier alpha value is -2.93. The van der Waals surface area contributed by atoms with Gasteiger partial charge in [0.2, 0.25) is 0 Å². The van der Waals surface area contributed by atoms with Crippen molar-refractivity contribution in [3.05, 3.63) is 59.3 Å². The molecule has 110 valence electrons. The Kier molecular flexibility index (Phi) is 4.70. The molecule has 4 heteroatoms. The Morgan fingerprint density at radius 1 is 1.14 bits per heavy atom. The highest BCUT2D eigenvalue weighted by atomic mass is 16.1. The largest absolute Gasteiger partial charge is 0.384 e. The van der Waals surface area contributed by atoms with E-state index in [1.165, 1.54) is 6.92 Å². The van der Waals surface area contributed by atoms with E-state index in [4.69, 9.17) is 11.1 Å². The van der Waals surface area contributed by atoms with Gasteiger partial charge in [-0.2, -0.15) is 0 Å². The molecule has 4 nitrogen and oxygen atoms in total. The van der Waals surface area contributed by atoms with Crippen LogP contribution in [-0.4, -0.2) is 16.5 Å². The normalized spacial score (nSPS) is 11.2. The van der Waals surface area contributed by atoms with Crippen molar-refractivity contribution < 1.29 is 4.79 Å². The van der Waals surface area contributed by atoms with E-state index in [1.807, 2.05) is 30.3 Å². The smallest absolute Gasteiger partial charge is 0.142 e. The van der Waals surface area contributed by atoms with E-state index in [2.05, 4.69) is 16.8 Å². The number of Topliss-reactive ketones (excluding diaryl/α,β-unsaturated/α-hetero) is 1. The van der Waals surface area contributed by atoms with Crippen molar-refractivity contribution in [2.24, 2.45) is 0 Å². The number of benzene rings is 1. The molecule has 0 spiro atoms. The molecule has 0 fully saturated rings. The van der Waals surface area contributed by atoms with Crippen LogP contribution >= 0.6 is 0 Å². The van der Waals surface area contributed by atoms with E-state index in [0.29, 0.717) is 17.1 Å². The summed E-state index contributed by atoms with van der Waals surface area (Å²) in [5.41, 5.74) is 7.91. The number of anilines is 1. The van der Waals surface area contributed by atoms with Crippen molar-refractivity contribution in [2.75, 3.05) is 5.73 Å². The summed E-state index contributed by atoms with van der Waals surface area (Å²) < 4.78 is 0. The molecular weight excluding hydrogens is 274 g/mol. The topological polar surface area (TPSA) is 79.8 Å². The van der Waals surface area contributed by atoms with Crippen molar-refractivity contribution in [2.45, 2.75) is 19.8 Å². The number of nitrogens with one attached hydrogen (secondary N) is 1. The van der Waals surface area contributed by atoms with Gasteiger partial charge < -0.3 is 11.1 Å². The molecule has 1 aromatic heterocycles. The number of hydrogen-bond acceptors (Lipinski definition) is 4. The molecule has 0 aliphatic carbocycles. The third-order valence-electron chi connectivity index (χ3n) is 3.20. The molecule has 0 aliphatic rings. The average Bonchev–Trinajstić information content (AvgIpc) is 2.47. The summed E-state index contributed by atoms with van der Waals surface area (Å²) in [7, 11) is 0. The Morgan fingerprint density at radius 2 is 1.82 bits per heavy atom. The fraction of sp³-hybridized carbons (Fsp3) is 0.167. The highest BCUT2D eigenvalue weighted by Gasteiger charge is 2.22. The van der Waals surface area contributed by atoms with Gasteiger partial charge in [0.15, 0.2) is 0 Å². The van der Waals surface area contributed by atoms with Crippen LogP contribution in [0.5, 0.6) is 0 Å². The van der Waals surface area contributed by atoms with Gasteiger partial charge in [-0.1, -0.05) is 30.2 Å². The van der Waals surface area contributed by atoms with E-state index >= 15 is 0 Å². The third kappa shape index (κ3) is 3.58. The number of rotatable bonds is 3. The lowest BCUT2D eigenvalue weighted by Gasteiger charge is -2.14. The lowest BCUT2D eigenvalue weighted by molar-refractivity contribution is -0.117. The fourth-order valence-electron chi connectivity index (χ4n) is 2.23. The first-order chi connectivity index (χ1) is 10.5. The zero-order valence-corrected chi connectivity index (χ0v) is 12.6. The quantitative estimate of drug-likeness (QED) is 0.674. The SMILES string of the molecule is CC(=N)C(C(C)=O)c1ccc(N)nc1C#Cc1ccccc1. The van der Waals surface area contributed by atoms with Crippen molar-refractivity contribution in [3.8, 4) is 11.8 Å². The monoisotopic (exact) mass is 291 g/mol. The number of carbonyl (C=O) groups excluding carboxylic acids is 1. The summed E-state index contributed by atoms with van der Waals surface area (Å²) in [6, 6.07) is 12.9. The van der Waals surface area contributed by atoms with Crippen LogP contribution in [-0.2, 0) is 4.79 Å². The van der Waals surface area contributed by atoms with E-state index in [9.17, 15) is 4.79 Å². The van der Waals surface area contributed by atoms with Gasteiger partial charge in [-0.3, -0.25) is 4.79 Å². The standard InChI is InChI=1S/C18H17N3O/c1-12(19)18(13(2)22)15-9-11-17(20)21-16(15)10-8-14-6-4-3-5-7-14/h3-7,9,11,18-19H,1-2H3,(H2,20,21). The van der Waals surface area contributed by atoms with Crippen LogP contribution in [0.2, 0.25) is 0 Å². The molecule has 0 saturated carbocycles. The predicted octanol–water partition coefficient (Wildman–Crippen LogP) is 2.78. The predicted molar refractivity (Wildman–Crippen MR) is 87.9 cm³/mol. The number of nitrogens with zero attached hydrogens (tertiary/aromatic N) is 1. The molecule has 1 unspecified atom stereocenters. The highest BCUT2D eigenvalue weighted by molar-refractivity contribution is 6.07. The maximum Gasteiger partial charge on any atom is 0.142 e. The van der Waals surface area contributed by atoms with E-state index in [1.54, 1.807) is 19.1 Å². The number of nitrogen functional groups attached to an aromatic ring is 1. The van der Waals surface area contributed by atoms with Crippen molar-refractivity contribution in [1.82, 2.24) is 4.98 Å². The number of hydrogen-bond donors (Lipinski definition) is 2. The summed E-state index contributed by atoms with van der Waals surface area (Å²) >= 11 is 0. The second-order valence-electron chi connectivity index (χ2n) is 5.02. The summed E-state index contributed by atoms with van der Waals surface area (Å²) in [4.78, 5) is 16.1. The minimum atomic E-state index is -0.631. The van der Waals surface area contributed by atoms with E-state index in [-0.39, 0.29) is 11.5 Å². The van der Waals surface area contributed by atoms with Crippen molar-refractivity contribution in [3.63, 3.8) is 0 Å². The maximum atomic E-state index is 11.8. The first kappa shape index (κ1) is 15.5. The van der Waals surface area contributed by atoms with Crippen LogP contribution in [0.1, 0.15) is 36.6 Å². The van der Waals surface area contributed by atoms with Gasteiger partial charge in [-0.15, -0.1) is 0 Å². The molecule has 0 saturated heterocycles. The number of aromatic nitrogens is 1. The van der Waals surface area contributed by atoms with Crippen LogP contribution in [0, 0.1) is 17.3 Å². The third-order valence-corrected chi connectivity index (χ3v) is 3.20. The summed E-state index contributed by atoms with van der Waals surface area (Å²) in [5, 5.41) is 7.84. The van der Waals surface area contributed by atoms with E-state index < -0.39 is 5.92 Å². The minimum absolute atomic E-state index is 0.109. The number of carbonyl (C=O) groups is 1. The van der Waals surface area contributed by atoms with Crippen LogP contribution in [0.3, 0.4) is 0 Å². The Morgan fingerprint density at radius 3 is 2.41 bits per heavy atom. The van der Waals surface area contributed by atoms with Crippen LogP contribution in [0.15, 0.2) is 42.5 Å². The average molecular weight is 291 g/mol. The molecular formula is C18H17N3O. The van der Waals surface area contributed by atoms with E-state index in [0.717, 1.165) is 5.56 Å². The summed E-state index contributed by atoms with van der Waals surface area (Å²) in [6.45, 7) is 3.07. The first-order valence-electron chi connectivity index (χ1n) is 6.88. The highest BCUT2D eigenvalue weighted by Crippen LogP contribution is 2.22. The van der Waals surface area contributed by atoms with Gasteiger partial charge in [0.25, 0.3) is 0 Å². The molecule has 0 radical (unpaired) electrons. The van der Waals surface area contributed by atoms with Gasteiger partial charge in [0.05, 0.1) is 5.92 Å². The van der Waals surface area contributed by atoms with Gasteiger partial charge in [-0.05, 0) is 38.0 Å². The van der Waals surface area contributed by atoms with Gasteiger partial charge in [0.1, 0.15) is 17.3 Å². The number of nitrogens with two attached hydrogens (primary N) is 1. The number of pyridine rings is 1. The summed E-state index contributed by atoms with van der Waals surface area (Å²) in [5.74, 6) is 5.58. The second-order valence-corrected chi connectivity index (χ2v) is 5.02. The molecule has 0 bridgehead atoms. The summed E-state index contributed by atoms with van der Waals surface area (Å²) in [6.07, 6.45) is 0. The molecule has 2 rings (SSSR count). The molecule has 3 N–H and O–H groups in total. The molecule has 1 aromatic carbocycles. The van der Waals surface area contributed by atoms with Crippen molar-refractivity contribution >= 4 is 17.3 Å².